The van der Waals surface area contributed by atoms with Gasteiger partial charge in [0.05, 0.1) is 0 Å². The fourth-order valence-electron chi connectivity index (χ4n) is 3.49. The summed E-state index contributed by atoms with van der Waals surface area (Å²) >= 11 is 0. The standard InChI is InChI=1S/C16H18N2O2/c19-16-4-2-12-1-3-13(9-15(12)20-16)17-14-10-18-7-5-11(14)6-8-18/h1-4,9,11,14,17H,5-8,10H2/t14-/m1/s1. The van der Waals surface area contributed by atoms with Crippen molar-refractivity contribution in [2.75, 3.05) is 25.0 Å². The van der Waals surface area contributed by atoms with Gasteiger partial charge in [0, 0.05) is 35.8 Å². The van der Waals surface area contributed by atoms with Crippen LogP contribution in [0.25, 0.3) is 11.0 Å². The molecule has 1 aromatic carbocycles. The highest BCUT2D eigenvalue weighted by atomic mass is 16.4. The van der Waals surface area contributed by atoms with E-state index < -0.39 is 0 Å². The van der Waals surface area contributed by atoms with Crippen LogP contribution in [0, 0.1) is 5.92 Å². The van der Waals surface area contributed by atoms with E-state index in [4.69, 9.17) is 4.42 Å². The highest BCUT2D eigenvalue weighted by Gasteiger charge is 2.33. The molecule has 3 aliphatic heterocycles. The molecule has 3 aliphatic rings. The van der Waals surface area contributed by atoms with Crippen molar-refractivity contribution in [2.45, 2.75) is 18.9 Å². The van der Waals surface area contributed by atoms with Gasteiger partial charge in [0.1, 0.15) is 5.58 Å². The van der Waals surface area contributed by atoms with Gasteiger partial charge in [-0.05, 0) is 50.0 Å². The fourth-order valence-corrected chi connectivity index (χ4v) is 3.49. The quantitative estimate of drug-likeness (QED) is 0.851. The Bertz CT molecular complexity index is 686. The molecule has 1 N–H and O–H groups in total. The van der Waals surface area contributed by atoms with Crippen molar-refractivity contribution >= 4 is 16.7 Å². The lowest BCUT2D eigenvalue weighted by Crippen LogP contribution is -2.53. The monoisotopic (exact) mass is 270 g/mol. The van der Waals surface area contributed by atoms with E-state index in [0.717, 1.165) is 23.5 Å². The van der Waals surface area contributed by atoms with E-state index in [-0.39, 0.29) is 5.63 Å². The van der Waals surface area contributed by atoms with E-state index in [1.807, 2.05) is 12.1 Å². The molecule has 0 amide bonds. The zero-order valence-corrected chi connectivity index (χ0v) is 11.3. The normalized spacial score (nSPS) is 28.7. The van der Waals surface area contributed by atoms with Gasteiger partial charge in [-0.1, -0.05) is 0 Å². The highest BCUT2D eigenvalue weighted by Crippen LogP contribution is 2.30. The number of nitrogens with one attached hydrogen (secondary N) is 1. The molecular formula is C16H18N2O2. The van der Waals surface area contributed by atoms with Gasteiger partial charge < -0.3 is 14.6 Å². The van der Waals surface area contributed by atoms with Crippen molar-refractivity contribution in [1.82, 2.24) is 4.90 Å². The molecule has 4 heterocycles. The molecule has 4 heteroatoms. The van der Waals surface area contributed by atoms with Crippen molar-refractivity contribution in [3.05, 3.63) is 40.8 Å². The van der Waals surface area contributed by atoms with E-state index in [0.29, 0.717) is 11.6 Å². The number of benzene rings is 1. The third kappa shape index (κ3) is 2.10. The average Bonchev–Trinajstić information content (AvgIpc) is 2.48. The molecule has 5 rings (SSSR count). The van der Waals surface area contributed by atoms with Crippen LogP contribution >= 0.6 is 0 Å². The number of nitrogens with zero attached hydrogens (tertiary/aromatic N) is 1. The van der Waals surface area contributed by atoms with Crippen LogP contribution in [0.5, 0.6) is 0 Å². The van der Waals surface area contributed by atoms with Gasteiger partial charge in [0.2, 0.25) is 0 Å². The molecule has 104 valence electrons. The maximum Gasteiger partial charge on any atom is 0.336 e. The number of anilines is 1. The summed E-state index contributed by atoms with van der Waals surface area (Å²) in [6.07, 6.45) is 2.58. The van der Waals surface area contributed by atoms with Crippen LogP contribution in [0.3, 0.4) is 0 Å². The first kappa shape index (κ1) is 12.0. The second-order valence-corrected chi connectivity index (χ2v) is 5.90. The van der Waals surface area contributed by atoms with Crippen molar-refractivity contribution in [3.63, 3.8) is 0 Å². The number of piperidine rings is 3. The summed E-state index contributed by atoms with van der Waals surface area (Å²) < 4.78 is 5.25. The van der Waals surface area contributed by atoms with Crippen LogP contribution in [0.2, 0.25) is 0 Å². The van der Waals surface area contributed by atoms with Crippen LogP contribution < -0.4 is 10.9 Å². The van der Waals surface area contributed by atoms with Gasteiger partial charge in [-0.15, -0.1) is 0 Å². The third-order valence-corrected chi connectivity index (χ3v) is 4.63. The maximum atomic E-state index is 11.3. The highest BCUT2D eigenvalue weighted by molar-refractivity contribution is 5.80. The first-order valence-electron chi connectivity index (χ1n) is 7.31. The summed E-state index contributed by atoms with van der Waals surface area (Å²) in [5.41, 5.74) is 1.41. The maximum absolute atomic E-state index is 11.3. The first-order chi connectivity index (χ1) is 9.78. The summed E-state index contributed by atoms with van der Waals surface area (Å²) in [5.74, 6) is 0.776. The molecule has 3 saturated heterocycles. The van der Waals surface area contributed by atoms with Gasteiger partial charge in [0.25, 0.3) is 0 Å². The van der Waals surface area contributed by atoms with E-state index in [2.05, 4.69) is 16.3 Å². The van der Waals surface area contributed by atoms with E-state index in [9.17, 15) is 4.79 Å². The Hall–Kier alpha value is -1.81. The molecule has 0 unspecified atom stereocenters. The SMILES string of the molecule is O=c1ccc2ccc(N[C@@H]3CN4CCC3CC4)cc2o1. The lowest BCUT2D eigenvalue weighted by atomic mass is 9.84. The Kier molecular flexibility index (Phi) is 2.77. The summed E-state index contributed by atoms with van der Waals surface area (Å²) in [6, 6.07) is 9.79. The van der Waals surface area contributed by atoms with Crippen LogP contribution in [-0.2, 0) is 0 Å². The molecule has 0 radical (unpaired) electrons. The van der Waals surface area contributed by atoms with Crippen LogP contribution in [0.1, 0.15) is 12.8 Å². The molecule has 2 bridgehead atoms. The molecule has 2 aromatic rings. The van der Waals surface area contributed by atoms with Crippen molar-refractivity contribution < 1.29 is 4.42 Å². The van der Waals surface area contributed by atoms with Gasteiger partial charge in [-0.25, -0.2) is 4.79 Å². The summed E-state index contributed by atoms with van der Waals surface area (Å²) in [4.78, 5) is 13.8. The number of hydrogen-bond donors (Lipinski definition) is 1. The predicted molar refractivity (Wildman–Crippen MR) is 79.1 cm³/mol. The molecule has 1 aromatic heterocycles. The topological polar surface area (TPSA) is 45.5 Å². The van der Waals surface area contributed by atoms with Gasteiger partial charge >= 0.3 is 5.63 Å². The zero-order valence-electron chi connectivity index (χ0n) is 11.3. The van der Waals surface area contributed by atoms with E-state index in [1.165, 1.54) is 32.0 Å². The lowest BCUT2D eigenvalue weighted by Gasteiger charge is -2.45. The Morgan fingerprint density at radius 1 is 1.15 bits per heavy atom. The molecule has 4 nitrogen and oxygen atoms in total. The smallest absolute Gasteiger partial charge is 0.336 e. The first-order valence-corrected chi connectivity index (χ1v) is 7.31. The van der Waals surface area contributed by atoms with E-state index in [1.54, 1.807) is 6.07 Å². The molecule has 0 saturated carbocycles. The molecule has 20 heavy (non-hydrogen) atoms. The Labute approximate surface area is 117 Å². The van der Waals surface area contributed by atoms with Crippen molar-refractivity contribution in [2.24, 2.45) is 5.92 Å². The number of rotatable bonds is 2. The Morgan fingerprint density at radius 3 is 2.70 bits per heavy atom. The fraction of sp³-hybridized carbons (Fsp3) is 0.438. The zero-order chi connectivity index (χ0) is 13.5. The largest absolute Gasteiger partial charge is 0.423 e. The summed E-state index contributed by atoms with van der Waals surface area (Å²) in [5, 5.41) is 4.58. The second kappa shape index (κ2) is 4.63. The summed E-state index contributed by atoms with van der Waals surface area (Å²) in [7, 11) is 0. The van der Waals surface area contributed by atoms with Gasteiger partial charge in [-0.3, -0.25) is 0 Å². The number of fused-ring (bicyclic) bond motifs is 4. The summed E-state index contributed by atoms with van der Waals surface area (Å²) in [6.45, 7) is 3.62. The molecule has 0 spiro atoms. The second-order valence-electron chi connectivity index (χ2n) is 5.90. The van der Waals surface area contributed by atoms with Crippen molar-refractivity contribution in [1.29, 1.82) is 0 Å². The van der Waals surface area contributed by atoms with E-state index >= 15 is 0 Å². The minimum atomic E-state index is -0.294. The minimum absolute atomic E-state index is 0.294. The molecule has 1 atom stereocenters. The molecular weight excluding hydrogens is 252 g/mol. The van der Waals surface area contributed by atoms with Gasteiger partial charge in [0.15, 0.2) is 0 Å². The number of hydrogen-bond acceptors (Lipinski definition) is 4. The molecule has 0 aliphatic carbocycles. The van der Waals surface area contributed by atoms with Crippen LogP contribution in [0.15, 0.2) is 39.5 Å². The Balaban J connectivity index is 1.61. The third-order valence-electron chi connectivity index (χ3n) is 4.63. The predicted octanol–water partition coefficient (Wildman–Crippen LogP) is 2.30. The minimum Gasteiger partial charge on any atom is -0.423 e. The van der Waals surface area contributed by atoms with Crippen LogP contribution in [0.4, 0.5) is 5.69 Å². The Morgan fingerprint density at radius 2 is 1.95 bits per heavy atom. The van der Waals surface area contributed by atoms with Crippen LogP contribution in [-0.4, -0.2) is 30.6 Å². The average molecular weight is 270 g/mol. The lowest BCUT2D eigenvalue weighted by molar-refractivity contribution is 0.0975. The van der Waals surface area contributed by atoms with Gasteiger partial charge in [-0.2, -0.15) is 0 Å². The van der Waals surface area contributed by atoms with Crippen molar-refractivity contribution in [3.8, 4) is 0 Å². The molecule has 3 fully saturated rings.